The molecule has 18 N–H and O–H groups in total. The molecule has 5 saturated heterocycles. The Labute approximate surface area is 518 Å². The minimum Gasteiger partial charge on any atom is -0.394 e. The minimum absolute atomic E-state index is 0.0223. The maximum atomic E-state index is 12.9. The van der Waals surface area contributed by atoms with Gasteiger partial charge in [0, 0.05) is 17.3 Å². The van der Waals surface area contributed by atoms with Crippen molar-refractivity contribution in [1.82, 2.24) is 0 Å². The number of hydrogen-bond donors (Lipinski definition) is 18. The van der Waals surface area contributed by atoms with E-state index in [4.69, 9.17) is 47.4 Å². The van der Waals surface area contributed by atoms with Crippen molar-refractivity contribution >= 4 is 0 Å². The van der Waals surface area contributed by atoms with Crippen LogP contribution in [0, 0.1) is 45.3 Å². The van der Waals surface area contributed by atoms with Crippen LogP contribution in [0.5, 0.6) is 0 Å². The molecule has 8 fully saturated rings. The van der Waals surface area contributed by atoms with Gasteiger partial charge in [-0.1, -0.05) is 53.2 Å². The monoisotopic (exact) mass is 1280 g/mol. The average molecular weight is 1290 g/mol. The second-order valence-electron chi connectivity index (χ2n) is 28.7. The molecule has 0 bridgehead atoms. The summed E-state index contributed by atoms with van der Waals surface area (Å²) in [7, 11) is 0. The summed E-state index contributed by atoms with van der Waals surface area (Å²) in [5.74, 6) is 0.0680. The van der Waals surface area contributed by atoms with Gasteiger partial charge in [0.25, 0.3) is 0 Å². The van der Waals surface area contributed by atoms with Gasteiger partial charge in [-0.05, 0) is 106 Å². The molecule has 89 heavy (non-hydrogen) atoms. The van der Waals surface area contributed by atoms with Crippen LogP contribution < -0.4 is 0 Å². The van der Waals surface area contributed by atoms with E-state index >= 15 is 0 Å². The molecule has 516 valence electrons. The van der Waals surface area contributed by atoms with Crippen molar-refractivity contribution in [3.8, 4) is 0 Å². The zero-order valence-corrected chi connectivity index (χ0v) is 52.2. The smallest absolute Gasteiger partial charge is 0.187 e. The summed E-state index contributed by atoms with van der Waals surface area (Å²) in [6.45, 7) is 12.4. The molecule has 0 spiro atoms. The summed E-state index contributed by atoms with van der Waals surface area (Å²) in [5.41, 5.74) is -2.27. The maximum absolute atomic E-state index is 12.9. The largest absolute Gasteiger partial charge is 0.394 e. The van der Waals surface area contributed by atoms with E-state index in [1.54, 1.807) is 0 Å². The van der Waals surface area contributed by atoms with Crippen molar-refractivity contribution in [3.63, 3.8) is 0 Å². The van der Waals surface area contributed by atoms with Crippen molar-refractivity contribution in [2.24, 2.45) is 45.3 Å². The van der Waals surface area contributed by atoms with Crippen LogP contribution in [-0.2, 0) is 47.4 Å². The van der Waals surface area contributed by atoms with Gasteiger partial charge in [0.15, 0.2) is 31.5 Å². The van der Waals surface area contributed by atoms with E-state index in [0.29, 0.717) is 32.1 Å². The molecule has 5 aliphatic heterocycles. The third-order valence-corrected chi connectivity index (χ3v) is 23.1. The van der Waals surface area contributed by atoms with E-state index in [2.05, 4.69) is 47.6 Å². The third-order valence-electron chi connectivity index (χ3n) is 23.1. The Morgan fingerprint density at radius 2 is 1.11 bits per heavy atom. The fourth-order valence-electron chi connectivity index (χ4n) is 17.7. The highest BCUT2D eigenvalue weighted by Gasteiger charge is 2.71. The van der Waals surface area contributed by atoms with Crippen molar-refractivity contribution in [3.05, 3.63) is 11.6 Å². The summed E-state index contributed by atoms with van der Waals surface area (Å²) in [6, 6.07) is 0. The van der Waals surface area contributed by atoms with Crippen molar-refractivity contribution in [2.45, 2.75) is 291 Å². The molecule has 9 aliphatic rings. The highest BCUT2D eigenvalue weighted by atomic mass is 16.8. The highest BCUT2D eigenvalue weighted by molar-refractivity contribution is 5.32. The van der Waals surface area contributed by atoms with Gasteiger partial charge in [-0.25, -0.2) is 0 Å². The number of ether oxygens (including phenoxy) is 10. The second kappa shape index (κ2) is 28.0. The molecule has 0 aromatic heterocycles. The molecular formula is C61H104O28. The van der Waals surface area contributed by atoms with E-state index in [9.17, 15) is 91.9 Å². The lowest BCUT2D eigenvalue weighted by atomic mass is 9.37. The molecule has 34 atom stereocenters. The zero-order valence-electron chi connectivity index (χ0n) is 52.2. The van der Waals surface area contributed by atoms with Crippen LogP contribution >= 0.6 is 0 Å². The fourth-order valence-corrected chi connectivity index (χ4v) is 17.7. The van der Waals surface area contributed by atoms with Crippen molar-refractivity contribution in [2.75, 3.05) is 33.0 Å². The molecule has 9 rings (SSSR count). The topological polar surface area (TPSA) is 456 Å². The van der Waals surface area contributed by atoms with Gasteiger partial charge < -0.3 is 139 Å². The van der Waals surface area contributed by atoms with Crippen LogP contribution in [0.1, 0.15) is 120 Å². The van der Waals surface area contributed by atoms with Gasteiger partial charge in [0.1, 0.15) is 110 Å². The van der Waals surface area contributed by atoms with Gasteiger partial charge in [-0.3, -0.25) is 0 Å². The lowest BCUT2D eigenvalue weighted by Crippen LogP contribution is -2.67. The zero-order chi connectivity index (χ0) is 65.4. The van der Waals surface area contributed by atoms with Gasteiger partial charge in [0.2, 0.25) is 0 Å². The van der Waals surface area contributed by atoms with E-state index in [1.807, 2.05) is 0 Å². The first-order chi connectivity index (χ1) is 41.8. The second-order valence-corrected chi connectivity index (χ2v) is 28.7. The molecule has 28 nitrogen and oxygen atoms in total. The number of hydrogen-bond acceptors (Lipinski definition) is 28. The normalized spacial score (nSPS) is 50.9. The number of aliphatic hydroxyl groups excluding tert-OH is 17. The Bertz CT molecular complexity index is 2330. The van der Waals surface area contributed by atoms with Crippen molar-refractivity contribution in [1.29, 1.82) is 0 Å². The predicted octanol–water partition coefficient (Wildman–Crippen LogP) is -3.99. The molecule has 0 aromatic rings. The fraction of sp³-hybridized carbons (Fsp3) is 0.967. The standard InChI is InChI=1S/C61H104O28/c1-9-61-17-16-26(59(61,7)19-36(67)60(8)28-12-15-37(57(3,4)27(28)11-13-35(60)61)86-54-48(76)45(73)42(70)32(22-64)83-54)25(2)10-14-38(58(5,6)79)87-56-52(89-55-49(77)46(74)43(71)33(23-65)84-55)50(78)51(88-39-18-29(66)40(68)30(20-62)81-39)34(85-56)24-80-53-47(75)44(72)41(69)31(21-63)82-53/h11,25-26,28-56,62-79H,9-10,12-24H2,1-8H3/t25-,26?,28?,29-,30-,31-,32-,33-,34-,35?,36-,37+,38-,39-,40+,41-,42-,43-,44+,45+,46+,47-,48-,49-,50+,51-,52-,53+,54+,55+,56+,59-,60+,61+/m1/s1. The lowest BCUT2D eigenvalue weighted by molar-refractivity contribution is -0.392. The molecule has 3 saturated carbocycles. The third kappa shape index (κ3) is 13.1. The van der Waals surface area contributed by atoms with Crippen LogP contribution in [-0.4, -0.2) is 296 Å². The lowest BCUT2D eigenvalue weighted by Gasteiger charge is -2.68. The van der Waals surface area contributed by atoms with Crippen LogP contribution in [0.4, 0.5) is 0 Å². The van der Waals surface area contributed by atoms with Gasteiger partial charge in [0.05, 0.1) is 63.1 Å². The highest BCUT2D eigenvalue weighted by Crippen LogP contribution is 2.76. The average Bonchev–Trinajstić information content (AvgIpc) is 1.67. The molecular weight excluding hydrogens is 1180 g/mol. The van der Waals surface area contributed by atoms with E-state index < -0.39 is 222 Å². The Morgan fingerprint density at radius 1 is 0.584 bits per heavy atom. The summed E-state index contributed by atoms with van der Waals surface area (Å²) in [4.78, 5) is 0. The van der Waals surface area contributed by atoms with Crippen LogP contribution in [0.3, 0.4) is 0 Å². The number of rotatable bonds is 21. The van der Waals surface area contributed by atoms with E-state index in [0.717, 1.165) is 24.8 Å². The molecule has 5 heterocycles. The van der Waals surface area contributed by atoms with E-state index in [-0.39, 0.29) is 40.9 Å². The minimum atomic E-state index is -2.01. The first-order valence-corrected chi connectivity index (χ1v) is 32.0. The van der Waals surface area contributed by atoms with Gasteiger partial charge in [-0.15, -0.1) is 0 Å². The summed E-state index contributed by atoms with van der Waals surface area (Å²) in [5, 5.41) is 196. The molecule has 0 amide bonds. The summed E-state index contributed by atoms with van der Waals surface area (Å²) in [6.07, 6.45) is -34.5. The maximum Gasteiger partial charge on any atom is 0.187 e. The molecule has 4 aliphatic carbocycles. The summed E-state index contributed by atoms with van der Waals surface area (Å²) >= 11 is 0. The van der Waals surface area contributed by atoms with Crippen molar-refractivity contribution < 1.29 is 139 Å². The molecule has 28 heteroatoms. The molecule has 0 aromatic carbocycles. The van der Waals surface area contributed by atoms with Gasteiger partial charge in [-0.2, -0.15) is 0 Å². The predicted molar refractivity (Wildman–Crippen MR) is 303 cm³/mol. The Kier molecular flexibility index (Phi) is 22.6. The Morgan fingerprint density at radius 3 is 1.66 bits per heavy atom. The van der Waals surface area contributed by atoms with Crippen LogP contribution in [0.25, 0.3) is 0 Å². The quantitative estimate of drug-likeness (QED) is 0.0487. The first-order valence-electron chi connectivity index (χ1n) is 32.0. The SMILES string of the molecule is CC[C@@]12CCC([C@H](C)CC[C@@H](O[C@@H]3O[C@H](CO[C@H]4O[C@H](CO)[C@@H](O)[C@H](O)[C@H]4O)[C@@H](O[C@@H]4C[C@@H](O)[C@H](O)[C@@H](CO)O4)[C@H](O)[C@H]3O[C@@H]3O[C@H](CO)[C@@H](O)[C@H](O)[C@H]3O)C(C)(C)O)[C@@]1(C)C[C@@H](O)[C@@]1(C)C3CC[C@H](O[C@@H]4O[C@H](CO)[C@@H](O)[C@H](O)[C@H]4O)C(C)(C)C3=CCC12. The number of allylic oxidation sites excluding steroid dienone is 1. The molecule has 0 radical (unpaired) electrons. The summed E-state index contributed by atoms with van der Waals surface area (Å²) < 4.78 is 61.2. The van der Waals surface area contributed by atoms with Gasteiger partial charge >= 0.3 is 0 Å². The van der Waals surface area contributed by atoms with Crippen LogP contribution in [0.2, 0.25) is 0 Å². The molecule has 3 unspecified atom stereocenters. The Hall–Kier alpha value is -1.38. The Balaban J connectivity index is 0.969. The first kappa shape index (κ1) is 71.9. The number of aliphatic hydroxyl groups is 18. The van der Waals surface area contributed by atoms with E-state index in [1.165, 1.54) is 13.8 Å². The number of fused-ring (bicyclic) bond motifs is 5. The van der Waals surface area contributed by atoms with Crippen LogP contribution in [0.15, 0.2) is 11.6 Å².